The second-order valence-corrected chi connectivity index (χ2v) is 4.20. The topological polar surface area (TPSA) is 65.6 Å². The maximum absolute atomic E-state index is 4.38. The first-order valence-corrected chi connectivity index (χ1v) is 5.67. The van der Waals surface area contributed by atoms with E-state index < -0.39 is 0 Å². The van der Waals surface area contributed by atoms with Crippen molar-refractivity contribution < 1.29 is 0 Å². The molecule has 0 amide bonds. The van der Waals surface area contributed by atoms with Crippen molar-refractivity contribution in [3.63, 3.8) is 0 Å². The van der Waals surface area contributed by atoms with Crippen LogP contribution >= 0.6 is 12.4 Å². The third kappa shape index (κ3) is 2.68. The molecule has 0 bridgehead atoms. The Hall–Kier alpha value is -1.33. The highest BCUT2D eigenvalue weighted by atomic mass is 35.5. The zero-order valence-electron chi connectivity index (χ0n) is 9.44. The molecule has 0 aliphatic carbocycles. The monoisotopic (exact) mass is 253 g/mol. The van der Waals surface area contributed by atoms with Gasteiger partial charge in [0.15, 0.2) is 5.65 Å². The van der Waals surface area contributed by atoms with Gasteiger partial charge in [-0.3, -0.25) is 0 Å². The highest BCUT2D eigenvalue weighted by molar-refractivity contribution is 5.85. The van der Waals surface area contributed by atoms with Crippen LogP contribution in [0.2, 0.25) is 0 Å². The van der Waals surface area contributed by atoms with Crippen LogP contribution in [0.25, 0.3) is 11.2 Å². The number of aromatic nitrogens is 3. The molecule has 0 radical (unpaired) electrons. The van der Waals surface area contributed by atoms with Gasteiger partial charge in [0.25, 0.3) is 0 Å². The van der Waals surface area contributed by atoms with Crippen LogP contribution < -0.4 is 10.6 Å². The number of nitrogens with one attached hydrogen (secondary N) is 3. The molecule has 3 heterocycles. The molecule has 1 atom stereocenters. The third-order valence-electron chi connectivity index (χ3n) is 2.98. The summed E-state index contributed by atoms with van der Waals surface area (Å²) >= 11 is 0. The van der Waals surface area contributed by atoms with Crippen LogP contribution in [0.5, 0.6) is 0 Å². The first-order valence-electron chi connectivity index (χ1n) is 5.67. The molecule has 1 unspecified atom stereocenters. The average Bonchev–Trinajstić information content (AvgIpc) is 2.95. The Kier molecular flexibility index (Phi) is 3.81. The lowest BCUT2D eigenvalue weighted by atomic mass is 10.1. The van der Waals surface area contributed by atoms with Crippen LogP contribution in [0.1, 0.15) is 6.42 Å². The summed E-state index contributed by atoms with van der Waals surface area (Å²) in [5.74, 6) is 1.53. The summed E-state index contributed by atoms with van der Waals surface area (Å²) in [6, 6.07) is 3.89. The van der Waals surface area contributed by atoms with Gasteiger partial charge in [0, 0.05) is 12.7 Å². The van der Waals surface area contributed by atoms with Gasteiger partial charge < -0.3 is 15.6 Å². The van der Waals surface area contributed by atoms with E-state index in [9.17, 15) is 0 Å². The number of halogens is 1. The number of imidazole rings is 1. The second kappa shape index (κ2) is 5.33. The fourth-order valence-electron chi connectivity index (χ4n) is 2.06. The zero-order chi connectivity index (χ0) is 10.8. The van der Waals surface area contributed by atoms with Gasteiger partial charge in [0.1, 0.15) is 0 Å². The van der Waals surface area contributed by atoms with Gasteiger partial charge >= 0.3 is 0 Å². The lowest BCUT2D eigenvalue weighted by Crippen LogP contribution is -2.17. The molecule has 5 nitrogen and oxygen atoms in total. The van der Waals surface area contributed by atoms with Crippen molar-refractivity contribution in [2.24, 2.45) is 5.92 Å². The molecule has 1 saturated heterocycles. The summed E-state index contributed by atoms with van der Waals surface area (Å²) in [6.45, 7) is 3.20. The van der Waals surface area contributed by atoms with Gasteiger partial charge in [-0.25, -0.2) is 4.98 Å². The summed E-state index contributed by atoms with van der Waals surface area (Å²) in [5, 5.41) is 6.68. The molecular weight excluding hydrogens is 238 g/mol. The van der Waals surface area contributed by atoms with Crippen molar-refractivity contribution in [2.75, 3.05) is 25.0 Å². The molecule has 17 heavy (non-hydrogen) atoms. The van der Waals surface area contributed by atoms with Gasteiger partial charge in [0.2, 0.25) is 5.95 Å². The maximum atomic E-state index is 4.38. The molecule has 0 saturated carbocycles. The smallest absolute Gasteiger partial charge is 0.202 e. The van der Waals surface area contributed by atoms with Gasteiger partial charge in [-0.2, -0.15) is 4.98 Å². The average molecular weight is 254 g/mol. The number of H-pyrrole nitrogens is 1. The predicted molar refractivity (Wildman–Crippen MR) is 70.6 cm³/mol. The summed E-state index contributed by atoms with van der Waals surface area (Å²) in [7, 11) is 0. The van der Waals surface area contributed by atoms with E-state index in [4.69, 9.17) is 0 Å². The molecule has 92 valence electrons. The number of aromatic amines is 1. The number of anilines is 1. The number of rotatable bonds is 3. The summed E-state index contributed by atoms with van der Waals surface area (Å²) in [5.41, 5.74) is 1.75. The van der Waals surface area contributed by atoms with E-state index in [0.717, 1.165) is 36.7 Å². The molecule has 1 aliphatic heterocycles. The molecule has 2 aromatic rings. The Labute approximate surface area is 106 Å². The molecule has 3 N–H and O–H groups in total. The molecule has 3 rings (SSSR count). The van der Waals surface area contributed by atoms with Crippen molar-refractivity contribution in [2.45, 2.75) is 6.42 Å². The Morgan fingerprint density at radius 2 is 2.41 bits per heavy atom. The van der Waals surface area contributed by atoms with Crippen molar-refractivity contribution in [3.05, 3.63) is 18.3 Å². The highest BCUT2D eigenvalue weighted by Gasteiger charge is 2.14. The van der Waals surface area contributed by atoms with Crippen LogP contribution in [0.3, 0.4) is 0 Å². The van der Waals surface area contributed by atoms with Crippen LogP contribution in [-0.2, 0) is 0 Å². The van der Waals surface area contributed by atoms with E-state index in [1.807, 2.05) is 12.1 Å². The van der Waals surface area contributed by atoms with Crippen molar-refractivity contribution in [3.8, 4) is 0 Å². The van der Waals surface area contributed by atoms with Crippen molar-refractivity contribution >= 4 is 29.5 Å². The summed E-state index contributed by atoms with van der Waals surface area (Å²) < 4.78 is 0. The molecular formula is C11H16ClN5. The van der Waals surface area contributed by atoms with Crippen LogP contribution in [-0.4, -0.2) is 34.6 Å². The minimum atomic E-state index is 0. The van der Waals surface area contributed by atoms with Gasteiger partial charge in [-0.05, 0) is 37.6 Å². The fraction of sp³-hybridized carbons (Fsp3) is 0.455. The third-order valence-corrected chi connectivity index (χ3v) is 2.98. The summed E-state index contributed by atoms with van der Waals surface area (Å²) in [4.78, 5) is 11.8. The van der Waals surface area contributed by atoms with E-state index in [-0.39, 0.29) is 12.4 Å². The molecule has 6 heteroatoms. The lowest BCUT2D eigenvalue weighted by molar-refractivity contribution is 0.613. The largest absolute Gasteiger partial charge is 0.355 e. The molecule has 0 aromatic carbocycles. The molecule has 1 aliphatic rings. The molecule has 2 aromatic heterocycles. The van der Waals surface area contributed by atoms with E-state index in [2.05, 4.69) is 25.6 Å². The normalized spacial score (nSPS) is 19.2. The highest BCUT2D eigenvalue weighted by Crippen LogP contribution is 2.12. The van der Waals surface area contributed by atoms with Crippen LogP contribution in [0.15, 0.2) is 18.3 Å². The summed E-state index contributed by atoms with van der Waals surface area (Å²) in [6.07, 6.45) is 3.00. The van der Waals surface area contributed by atoms with Gasteiger partial charge in [-0.1, -0.05) is 0 Å². The van der Waals surface area contributed by atoms with E-state index >= 15 is 0 Å². The number of pyridine rings is 1. The van der Waals surface area contributed by atoms with E-state index in [0.29, 0.717) is 5.92 Å². The van der Waals surface area contributed by atoms with Crippen molar-refractivity contribution in [1.29, 1.82) is 0 Å². The number of fused-ring (bicyclic) bond motifs is 1. The van der Waals surface area contributed by atoms with E-state index in [1.54, 1.807) is 6.20 Å². The van der Waals surface area contributed by atoms with E-state index in [1.165, 1.54) is 6.42 Å². The van der Waals surface area contributed by atoms with Crippen molar-refractivity contribution in [1.82, 2.24) is 20.3 Å². The molecule has 1 fully saturated rings. The predicted octanol–water partition coefficient (Wildman–Crippen LogP) is 1.40. The number of hydrogen-bond donors (Lipinski definition) is 3. The Morgan fingerprint density at radius 3 is 3.18 bits per heavy atom. The fourth-order valence-corrected chi connectivity index (χ4v) is 2.06. The maximum Gasteiger partial charge on any atom is 0.202 e. The Bertz CT molecular complexity index is 444. The van der Waals surface area contributed by atoms with Gasteiger partial charge in [0.05, 0.1) is 5.52 Å². The van der Waals surface area contributed by atoms with Crippen LogP contribution in [0, 0.1) is 5.92 Å². The zero-order valence-corrected chi connectivity index (χ0v) is 10.3. The second-order valence-electron chi connectivity index (χ2n) is 4.20. The standard InChI is InChI=1S/C11H15N5.ClH/c1-2-9-10(13-4-1)16-11(15-9)14-7-8-3-5-12-6-8;/h1-2,4,8,12H,3,5-7H2,(H2,13,14,15,16);1H. The molecule has 0 spiro atoms. The number of nitrogens with zero attached hydrogens (tertiary/aromatic N) is 2. The minimum absolute atomic E-state index is 0. The lowest BCUT2D eigenvalue weighted by Gasteiger charge is -2.07. The first kappa shape index (κ1) is 12.1. The minimum Gasteiger partial charge on any atom is -0.355 e. The Morgan fingerprint density at radius 1 is 1.47 bits per heavy atom. The number of hydrogen-bond acceptors (Lipinski definition) is 4. The first-order chi connectivity index (χ1) is 7.92. The Balaban J connectivity index is 0.00000108. The SMILES string of the molecule is Cl.c1cnc2nc(NCC3CCNC3)[nH]c2c1. The van der Waals surface area contributed by atoms with Crippen LogP contribution in [0.4, 0.5) is 5.95 Å². The quantitative estimate of drug-likeness (QED) is 0.774. The van der Waals surface area contributed by atoms with Gasteiger partial charge in [-0.15, -0.1) is 12.4 Å².